The lowest BCUT2D eigenvalue weighted by atomic mass is 10.1. The Balaban J connectivity index is 1.77. The SMILES string of the molecule is CCCCc1ccc2nc(NC(=O)c3ccccc3OCC(N)=O)sc2c1. The second-order valence-corrected chi connectivity index (χ2v) is 7.16. The summed E-state index contributed by atoms with van der Waals surface area (Å²) in [6, 6.07) is 12.9. The molecule has 1 aromatic heterocycles. The largest absolute Gasteiger partial charge is 0.483 e. The topological polar surface area (TPSA) is 94.3 Å². The van der Waals surface area contributed by atoms with Gasteiger partial charge < -0.3 is 10.5 Å². The quantitative estimate of drug-likeness (QED) is 0.619. The number of nitrogens with zero attached hydrogens (tertiary/aromatic N) is 1. The summed E-state index contributed by atoms with van der Waals surface area (Å²) in [5, 5.41) is 3.33. The molecule has 27 heavy (non-hydrogen) atoms. The van der Waals surface area contributed by atoms with Crippen LogP contribution < -0.4 is 15.8 Å². The van der Waals surface area contributed by atoms with Gasteiger partial charge in [0.15, 0.2) is 11.7 Å². The third kappa shape index (κ3) is 4.83. The number of ether oxygens (including phenoxy) is 1. The van der Waals surface area contributed by atoms with E-state index in [2.05, 4.69) is 29.4 Å². The molecule has 7 heteroatoms. The van der Waals surface area contributed by atoms with Gasteiger partial charge in [0.05, 0.1) is 15.8 Å². The first-order valence-corrected chi connectivity index (χ1v) is 9.59. The highest BCUT2D eigenvalue weighted by molar-refractivity contribution is 7.22. The Hall–Kier alpha value is -2.93. The van der Waals surface area contributed by atoms with Crippen LogP contribution in [0.2, 0.25) is 0 Å². The molecule has 0 saturated heterocycles. The maximum Gasteiger partial charge on any atom is 0.261 e. The number of para-hydroxylation sites is 1. The Morgan fingerprint density at radius 3 is 2.81 bits per heavy atom. The zero-order chi connectivity index (χ0) is 19.2. The predicted octanol–water partition coefficient (Wildman–Crippen LogP) is 3.76. The maximum absolute atomic E-state index is 12.6. The summed E-state index contributed by atoms with van der Waals surface area (Å²) in [6.07, 6.45) is 3.34. The number of amides is 2. The van der Waals surface area contributed by atoms with Crippen LogP contribution in [0.25, 0.3) is 10.2 Å². The minimum atomic E-state index is -0.602. The van der Waals surface area contributed by atoms with E-state index in [1.54, 1.807) is 24.3 Å². The smallest absolute Gasteiger partial charge is 0.261 e. The first-order chi connectivity index (χ1) is 13.1. The van der Waals surface area contributed by atoms with Gasteiger partial charge >= 0.3 is 0 Å². The van der Waals surface area contributed by atoms with Crippen molar-refractivity contribution in [1.29, 1.82) is 0 Å². The zero-order valence-corrected chi connectivity index (χ0v) is 15.8. The van der Waals surface area contributed by atoms with Crippen LogP contribution in [0.4, 0.5) is 5.13 Å². The van der Waals surface area contributed by atoms with Gasteiger partial charge in [-0.05, 0) is 42.7 Å². The lowest BCUT2D eigenvalue weighted by Crippen LogP contribution is -2.21. The summed E-state index contributed by atoms with van der Waals surface area (Å²) >= 11 is 1.43. The molecule has 1 heterocycles. The molecule has 0 unspecified atom stereocenters. The number of primary amides is 1. The number of aromatic nitrogens is 1. The van der Waals surface area contributed by atoms with E-state index in [1.165, 1.54) is 16.9 Å². The van der Waals surface area contributed by atoms with Crippen LogP contribution in [0, 0.1) is 0 Å². The molecule has 6 nitrogen and oxygen atoms in total. The molecule has 3 aromatic rings. The van der Waals surface area contributed by atoms with E-state index in [-0.39, 0.29) is 12.5 Å². The summed E-state index contributed by atoms with van der Waals surface area (Å²) in [7, 11) is 0. The molecule has 3 N–H and O–H groups in total. The molecule has 3 rings (SSSR count). The van der Waals surface area contributed by atoms with Gasteiger partial charge in [-0.1, -0.05) is 42.9 Å². The number of unbranched alkanes of at least 4 members (excludes halogenated alkanes) is 1. The normalized spacial score (nSPS) is 10.7. The number of aryl methyl sites for hydroxylation is 1. The van der Waals surface area contributed by atoms with Crippen molar-refractivity contribution in [3.63, 3.8) is 0 Å². The number of anilines is 1. The van der Waals surface area contributed by atoms with Crippen LogP contribution in [-0.2, 0) is 11.2 Å². The van der Waals surface area contributed by atoms with Gasteiger partial charge in [-0.15, -0.1) is 0 Å². The van der Waals surface area contributed by atoms with Crippen molar-refractivity contribution in [2.45, 2.75) is 26.2 Å². The van der Waals surface area contributed by atoms with Crippen molar-refractivity contribution in [1.82, 2.24) is 4.98 Å². The molecule has 0 bridgehead atoms. The third-order valence-corrected chi connectivity index (χ3v) is 4.93. The fourth-order valence-electron chi connectivity index (χ4n) is 2.65. The number of hydrogen-bond donors (Lipinski definition) is 2. The Kier molecular flexibility index (Phi) is 6.03. The molecule has 0 aliphatic heterocycles. The molecule has 0 spiro atoms. The van der Waals surface area contributed by atoms with E-state index < -0.39 is 5.91 Å². The van der Waals surface area contributed by atoms with Crippen LogP contribution in [-0.4, -0.2) is 23.4 Å². The minimum absolute atomic E-state index is 0.286. The first kappa shape index (κ1) is 18.8. The van der Waals surface area contributed by atoms with E-state index >= 15 is 0 Å². The van der Waals surface area contributed by atoms with E-state index in [4.69, 9.17) is 10.5 Å². The highest BCUT2D eigenvalue weighted by atomic mass is 32.1. The molecule has 0 radical (unpaired) electrons. The summed E-state index contributed by atoms with van der Waals surface area (Å²) < 4.78 is 6.36. The average molecular weight is 383 g/mol. The molecular formula is C20H21N3O3S. The molecule has 0 aliphatic rings. The van der Waals surface area contributed by atoms with Crippen LogP contribution in [0.5, 0.6) is 5.75 Å². The van der Waals surface area contributed by atoms with Crippen molar-refractivity contribution in [2.24, 2.45) is 5.73 Å². The number of hydrogen-bond acceptors (Lipinski definition) is 5. The van der Waals surface area contributed by atoms with Crippen molar-refractivity contribution in [3.8, 4) is 5.75 Å². The summed E-state index contributed by atoms with van der Waals surface area (Å²) in [4.78, 5) is 28.0. The van der Waals surface area contributed by atoms with Gasteiger partial charge in [-0.3, -0.25) is 14.9 Å². The van der Waals surface area contributed by atoms with Gasteiger partial charge in [0.1, 0.15) is 5.75 Å². The number of thiazole rings is 1. The Morgan fingerprint density at radius 2 is 2.04 bits per heavy atom. The third-order valence-electron chi connectivity index (χ3n) is 3.99. The summed E-state index contributed by atoms with van der Waals surface area (Å²) in [5.41, 5.74) is 7.55. The minimum Gasteiger partial charge on any atom is -0.483 e. The van der Waals surface area contributed by atoms with Crippen LogP contribution >= 0.6 is 11.3 Å². The van der Waals surface area contributed by atoms with Crippen LogP contribution in [0.1, 0.15) is 35.7 Å². The zero-order valence-electron chi connectivity index (χ0n) is 15.0. The molecule has 0 atom stereocenters. The first-order valence-electron chi connectivity index (χ1n) is 8.77. The summed E-state index contributed by atoms with van der Waals surface area (Å²) in [5.74, 6) is -0.646. The van der Waals surface area contributed by atoms with Crippen molar-refractivity contribution >= 4 is 38.5 Å². The standard InChI is InChI=1S/C20H21N3O3S/c1-2-3-6-13-9-10-15-17(11-13)27-20(22-15)23-19(25)14-7-4-5-8-16(14)26-12-18(21)24/h4-5,7-11H,2-3,6,12H2,1H3,(H2,21,24)(H,22,23,25). The number of fused-ring (bicyclic) bond motifs is 1. The number of carbonyl (C=O) groups excluding carboxylic acids is 2. The van der Waals surface area contributed by atoms with Gasteiger partial charge in [0.2, 0.25) is 0 Å². The van der Waals surface area contributed by atoms with Gasteiger partial charge in [-0.25, -0.2) is 4.98 Å². The van der Waals surface area contributed by atoms with Crippen molar-refractivity contribution in [2.75, 3.05) is 11.9 Å². The lowest BCUT2D eigenvalue weighted by Gasteiger charge is -2.09. The van der Waals surface area contributed by atoms with E-state index in [0.717, 1.165) is 29.5 Å². The van der Waals surface area contributed by atoms with Crippen molar-refractivity contribution in [3.05, 3.63) is 53.6 Å². The monoisotopic (exact) mass is 383 g/mol. The Bertz CT molecular complexity index is 968. The van der Waals surface area contributed by atoms with E-state index in [1.807, 2.05) is 6.07 Å². The maximum atomic E-state index is 12.6. The van der Waals surface area contributed by atoms with Gasteiger partial charge in [-0.2, -0.15) is 0 Å². The number of rotatable bonds is 8. The highest BCUT2D eigenvalue weighted by Gasteiger charge is 2.15. The fourth-order valence-corrected chi connectivity index (χ4v) is 3.58. The number of nitrogens with two attached hydrogens (primary N) is 1. The summed E-state index contributed by atoms with van der Waals surface area (Å²) in [6.45, 7) is 1.88. The number of carbonyl (C=O) groups is 2. The van der Waals surface area contributed by atoms with E-state index in [9.17, 15) is 9.59 Å². The van der Waals surface area contributed by atoms with Crippen molar-refractivity contribution < 1.29 is 14.3 Å². The van der Waals surface area contributed by atoms with E-state index in [0.29, 0.717) is 16.4 Å². The molecule has 140 valence electrons. The molecule has 0 aliphatic carbocycles. The second kappa shape index (κ2) is 8.64. The Morgan fingerprint density at radius 1 is 1.22 bits per heavy atom. The van der Waals surface area contributed by atoms with Crippen LogP contribution in [0.15, 0.2) is 42.5 Å². The molecule has 2 aromatic carbocycles. The Labute approximate surface area is 161 Å². The predicted molar refractivity (Wildman–Crippen MR) is 107 cm³/mol. The number of nitrogens with one attached hydrogen (secondary N) is 1. The van der Waals surface area contributed by atoms with Gasteiger partial charge in [0, 0.05) is 0 Å². The van der Waals surface area contributed by atoms with Gasteiger partial charge in [0.25, 0.3) is 11.8 Å². The molecule has 2 amide bonds. The fraction of sp³-hybridized carbons (Fsp3) is 0.250. The highest BCUT2D eigenvalue weighted by Crippen LogP contribution is 2.28. The second-order valence-electron chi connectivity index (χ2n) is 6.13. The molecular weight excluding hydrogens is 362 g/mol. The molecule has 0 fully saturated rings. The number of benzene rings is 2. The molecule has 0 saturated carbocycles. The average Bonchev–Trinajstić information content (AvgIpc) is 3.06. The lowest BCUT2D eigenvalue weighted by molar-refractivity contribution is -0.119. The van der Waals surface area contributed by atoms with Crippen LogP contribution in [0.3, 0.4) is 0 Å².